The van der Waals surface area contributed by atoms with Gasteiger partial charge in [0.2, 0.25) is 0 Å². The molecule has 0 heterocycles. The Hall–Kier alpha value is -1.08. The molecule has 1 aromatic rings. The van der Waals surface area contributed by atoms with E-state index in [1.165, 1.54) is 0 Å². The van der Waals surface area contributed by atoms with Crippen LogP contribution >= 0.6 is 31.9 Å². The molecule has 1 aromatic carbocycles. The number of aromatic hydroxyl groups is 1. The van der Waals surface area contributed by atoms with E-state index >= 15 is 0 Å². The standard InChI is InChI=1S/C9H9Br2N3O2/c1-4(13-14-9(12)16)6-2-5(10)3-7(11)8(6)15/h2-3,15H,1H3,(H3,12,14,16)/b13-4+. The molecule has 0 aliphatic carbocycles. The summed E-state index contributed by atoms with van der Waals surface area (Å²) in [7, 11) is 0. The molecular formula is C9H9Br2N3O2. The second-order valence-electron chi connectivity index (χ2n) is 2.96. The summed E-state index contributed by atoms with van der Waals surface area (Å²) < 4.78 is 1.31. The molecule has 0 atom stereocenters. The largest absolute Gasteiger partial charge is 0.506 e. The van der Waals surface area contributed by atoms with Crippen LogP contribution in [0.15, 0.2) is 26.2 Å². The van der Waals surface area contributed by atoms with Gasteiger partial charge >= 0.3 is 6.03 Å². The molecule has 0 spiro atoms. The van der Waals surface area contributed by atoms with Gasteiger partial charge in [0.25, 0.3) is 0 Å². The lowest BCUT2D eigenvalue weighted by atomic mass is 10.1. The van der Waals surface area contributed by atoms with Crippen molar-refractivity contribution in [2.45, 2.75) is 6.92 Å². The fraction of sp³-hybridized carbons (Fsp3) is 0.111. The third kappa shape index (κ3) is 3.21. The van der Waals surface area contributed by atoms with Crippen LogP contribution in [0.1, 0.15) is 12.5 Å². The molecule has 1 rings (SSSR count). The predicted molar refractivity (Wildman–Crippen MR) is 68.4 cm³/mol. The summed E-state index contributed by atoms with van der Waals surface area (Å²) in [6.07, 6.45) is 0. The molecular weight excluding hydrogens is 342 g/mol. The summed E-state index contributed by atoms with van der Waals surface area (Å²) in [6, 6.07) is 2.63. The molecule has 0 fully saturated rings. The van der Waals surface area contributed by atoms with Gasteiger partial charge in [0.05, 0.1) is 10.2 Å². The van der Waals surface area contributed by atoms with Crippen molar-refractivity contribution in [3.8, 4) is 5.75 Å². The van der Waals surface area contributed by atoms with Crippen molar-refractivity contribution in [1.82, 2.24) is 5.43 Å². The van der Waals surface area contributed by atoms with Crippen LogP contribution in [-0.4, -0.2) is 16.8 Å². The molecule has 86 valence electrons. The van der Waals surface area contributed by atoms with Crippen LogP contribution in [0.25, 0.3) is 0 Å². The van der Waals surface area contributed by atoms with Crippen molar-refractivity contribution in [2.24, 2.45) is 10.8 Å². The Bertz CT molecular complexity index is 460. The van der Waals surface area contributed by atoms with E-state index in [-0.39, 0.29) is 5.75 Å². The minimum Gasteiger partial charge on any atom is -0.506 e. The quantitative estimate of drug-likeness (QED) is 0.564. The van der Waals surface area contributed by atoms with E-state index in [4.69, 9.17) is 5.73 Å². The minimum absolute atomic E-state index is 0.0516. The minimum atomic E-state index is -0.757. The van der Waals surface area contributed by atoms with Crippen molar-refractivity contribution in [2.75, 3.05) is 0 Å². The Balaban J connectivity index is 3.12. The molecule has 0 aliphatic rings. The third-order valence-corrected chi connectivity index (χ3v) is 2.81. The normalized spacial score (nSPS) is 11.3. The number of primary amides is 1. The predicted octanol–water partition coefficient (Wildman–Crippen LogP) is 2.31. The van der Waals surface area contributed by atoms with Crippen molar-refractivity contribution >= 4 is 43.6 Å². The number of halogens is 2. The molecule has 0 saturated heterocycles. The maximum absolute atomic E-state index is 10.5. The van der Waals surface area contributed by atoms with Gasteiger partial charge in [-0.2, -0.15) is 5.10 Å². The van der Waals surface area contributed by atoms with Gasteiger partial charge in [-0.15, -0.1) is 0 Å². The Morgan fingerprint density at radius 3 is 2.69 bits per heavy atom. The number of benzene rings is 1. The van der Waals surface area contributed by atoms with Gasteiger partial charge in [0, 0.05) is 10.0 Å². The van der Waals surface area contributed by atoms with Crippen LogP contribution in [-0.2, 0) is 0 Å². The molecule has 0 unspecified atom stereocenters. The highest BCUT2D eigenvalue weighted by molar-refractivity contribution is 9.11. The van der Waals surface area contributed by atoms with E-state index < -0.39 is 6.03 Å². The molecule has 2 amide bonds. The number of amides is 2. The number of phenols is 1. The van der Waals surface area contributed by atoms with Gasteiger partial charge in [0.15, 0.2) is 0 Å². The first-order valence-electron chi connectivity index (χ1n) is 4.20. The number of hydrazone groups is 1. The number of hydrogen-bond donors (Lipinski definition) is 3. The lowest BCUT2D eigenvalue weighted by molar-refractivity contribution is 0.249. The van der Waals surface area contributed by atoms with E-state index in [0.29, 0.717) is 15.7 Å². The van der Waals surface area contributed by atoms with Gasteiger partial charge in [-0.1, -0.05) is 15.9 Å². The smallest absolute Gasteiger partial charge is 0.332 e. The maximum Gasteiger partial charge on any atom is 0.332 e. The molecule has 0 bridgehead atoms. The molecule has 0 aliphatic heterocycles. The van der Waals surface area contributed by atoms with Gasteiger partial charge < -0.3 is 10.8 Å². The van der Waals surface area contributed by atoms with Crippen LogP contribution in [0.5, 0.6) is 5.75 Å². The molecule has 4 N–H and O–H groups in total. The molecule has 7 heteroatoms. The number of phenolic OH excluding ortho intramolecular Hbond substituents is 1. The molecule has 0 radical (unpaired) electrons. The second-order valence-corrected chi connectivity index (χ2v) is 4.73. The summed E-state index contributed by atoms with van der Waals surface area (Å²) >= 11 is 6.49. The van der Waals surface area contributed by atoms with Crippen LogP contribution in [0, 0.1) is 0 Å². The second kappa shape index (κ2) is 5.31. The number of rotatable bonds is 2. The number of nitrogens with one attached hydrogen (secondary N) is 1. The SMILES string of the molecule is C/C(=N\NC(N)=O)c1cc(Br)cc(Br)c1O. The number of nitrogens with zero attached hydrogens (tertiary/aromatic N) is 1. The highest BCUT2D eigenvalue weighted by Gasteiger charge is 2.10. The average Bonchev–Trinajstić information content (AvgIpc) is 2.19. The van der Waals surface area contributed by atoms with E-state index in [0.717, 1.165) is 4.47 Å². The van der Waals surface area contributed by atoms with E-state index in [9.17, 15) is 9.90 Å². The maximum atomic E-state index is 10.5. The first-order chi connectivity index (χ1) is 7.41. The molecule has 0 saturated carbocycles. The molecule has 0 aromatic heterocycles. The van der Waals surface area contributed by atoms with Gasteiger partial charge in [-0.3, -0.25) is 0 Å². The Labute approximate surface area is 109 Å². The number of nitrogens with two attached hydrogens (primary N) is 1. The highest BCUT2D eigenvalue weighted by atomic mass is 79.9. The molecule has 16 heavy (non-hydrogen) atoms. The lowest BCUT2D eigenvalue weighted by Gasteiger charge is -2.07. The Morgan fingerprint density at radius 1 is 1.50 bits per heavy atom. The monoisotopic (exact) mass is 349 g/mol. The summed E-state index contributed by atoms with van der Waals surface area (Å²) in [4.78, 5) is 10.5. The van der Waals surface area contributed by atoms with Crippen molar-refractivity contribution in [3.05, 3.63) is 26.6 Å². The average molecular weight is 351 g/mol. The zero-order valence-corrected chi connectivity index (χ0v) is 11.5. The zero-order valence-electron chi connectivity index (χ0n) is 8.29. The van der Waals surface area contributed by atoms with Crippen molar-refractivity contribution < 1.29 is 9.90 Å². The van der Waals surface area contributed by atoms with Crippen LogP contribution in [0.4, 0.5) is 4.79 Å². The van der Waals surface area contributed by atoms with Gasteiger partial charge in [-0.25, -0.2) is 10.2 Å². The Morgan fingerprint density at radius 2 is 2.12 bits per heavy atom. The van der Waals surface area contributed by atoms with E-state index in [2.05, 4.69) is 42.4 Å². The molecule has 5 nitrogen and oxygen atoms in total. The van der Waals surface area contributed by atoms with E-state index in [1.54, 1.807) is 19.1 Å². The van der Waals surface area contributed by atoms with Gasteiger partial charge in [0.1, 0.15) is 5.75 Å². The van der Waals surface area contributed by atoms with E-state index in [1.807, 2.05) is 0 Å². The first-order valence-corrected chi connectivity index (χ1v) is 5.78. The van der Waals surface area contributed by atoms with Crippen molar-refractivity contribution in [1.29, 1.82) is 0 Å². The summed E-state index contributed by atoms with van der Waals surface area (Å²) in [5.74, 6) is 0.0516. The van der Waals surface area contributed by atoms with Crippen LogP contribution in [0.2, 0.25) is 0 Å². The summed E-state index contributed by atoms with van der Waals surface area (Å²) in [6.45, 7) is 1.64. The topological polar surface area (TPSA) is 87.7 Å². The summed E-state index contributed by atoms with van der Waals surface area (Å²) in [5, 5.41) is 13.5. The van der Waals surface area contributed by atoms with Crippen LogP contribution < -0.4 is 11.2 Å². The zero-order chi connectivity index (χ0) is 12.3. The number of carbonyl (C=O) groups excluding carboxylic acids is 1. The lowest BCUT2D eigenvalue weighted by Crippen LogP contribution is -2.25. The van der Waals surface area contributed by atoms with Gasteiger partial charge in [-0.05, 0) is 35.0 Å². The first kappa shape index (κ1) is 13.0. The fourth-order valence-electron chi connectivity index (χ4n) is 1.04. The van der Waals surface area contributed by atoms with Crippen molar-refractivity contribution in [3.63, 3.8) is 0 Å². The number of carbonyl (C=O) groups is 1. The fourth-order valence-corrected chi connectivity index (χ4v) is 2.27. The number of hydrogen-bond acceptors (Lipinski definition) is 3. The summed E-state index contributed by atoms with van der Waals surface area (Å²) in [5.41, 5.74) is 7.91. The number of urea groups is 1. The third-order valence-electron chi connectivity index (χ3n) is 1.75. The highest BCUT2D eigenvalue weighted by Crippen LogP contribution is 2.31. The van der Waals surface area contributed by atoms with Crippen LogP contribution in [0.3, 0.4) is 0 Å². The Kier molecular flexibility index (Phi) is 4.31.